The first-order valence-electron chi connectivity index (χ1n) is 20.5. The van der Waals surface area contributed by atoms with E-state index in [1.165, 1.54) is 193 Å². The quantitative estimate of drug-likeness (QED) is 0.0588. The van der Waals surface area contributed by atoms with Gasteiger partial charge in [-0.15, -0.1) is 0 Å². The summed E-state index contributed by atoms with van der Waals surface area (Å²) in [6, 6.07) is 4.51. The van der Waals surface area contributed by atoms with Crippen LogP contribution in [0.3, 0.4) is 0 Å². The summed E-state index contributed by atoms with van der Waals surface area (Å²) in [5, 5.41) is 0. The van der Waals surface area contributed by atoms with Crippen molar-refractivity contribution in [3.05, 3.63) is 0 Å². The Morgan fingerprint density at radius 1 is 0.286 bits per heavy atom. The van der Waals surface area contributed by atoms with Crippen LogP contribution in [-0.4, -0.2) is 63.1 Å². The number of thiol groups is 3. The summed E-state index contributed by atoms with van der Waals surface area (Å²) >= 11 is 24.7. The number of rotatable bonds is 6. The molecule has 0 aromatic carbocycles. The average Bonchev–Trinajstić information content (AvgIpc) is 3.12. The zero-order chi connectivity index (χ0) is 34.1. The van der Waals surface area contributed by atoms with Crippen LogP contribution < -0.4 is 0 Å². The molecule has 0 spiro atoms. The molecule has 0 aliphatic heterocycles. The van der Waals surface area contributed by atoms with Crippen molar-refractivity contribution in [2.24, 2.45) is 0 Å². The molecule has 0 N–H and O–H groups in total. The van der Waals surface area contributed by atoms with Gasteiger partial charge in [-0.2, -0.15) is 13.7 Å². The number of hydrogen-bond donors (Lipinski definition) is 3. The maximum atomic E-state index is 4.57. The summed E-state index contributed by atoms with van der Waals surface area (Å²) in [7, 11) is 0. The Bertz CT molecular complexity index is 815. The molecule has 0 atom stereocenters. The van der Waals surface area contributed by atoms with Gasteiger partial charge < -0.3 is 0 Å². The van der Waals surface area contributed by atoms with E-state index in [4.69, 9.17) is 0 Å². The molecule has 6 aliphatic carbocycles. The Hall–Kier alpha value is 1.73. The van der Waals surface area contributed by atoms with Gasteiger partial charge in [0.25, 0.3) is 0 Å². The van der Waals surface area contributed by atoms with E-state index in [2.05, 4.69) is 89.5 Å². The molecule has 6 aliphatic rings. The molecule has 0 aromatic rings. The van der Waals surface area contributed by atoms with Crippen LogP contribution in [0.5, 0.6) is 0 Å². The smallest absolute Gasteiger partial charge is 0.178 e. The van der Waals surface area contributed by atoms with Crippen molar-refractivity contribution in [2.45, 2.75) is 229 Å². The maximum absolute atomic E-state index is 4.57. The molecule has 281 valence electrons. The van der Waals surface area contributed by atoms with Gasteiger partial charge in [0.1, 0.15) is 0 Å². The zero-order valence-corrected chi connectivity index (χ0v) is 38.1. The predicted molar refractivity (Wildman–Crippen MR) is 234 cm³/mol. The fourth-order valence-electron chi connectivity index (χ4n) is 10.1. The van der Waals surface area contributed by atoms with E-state index in [0.29, 0.717) is 0 Å². The number of nitrogens with zero attached hydrogens (tertiary/aromatic N) is 3. The standard InChI is InChI=1S/3C13H23NS2.Ru/c3*15-13(16)14(11-7-3-1-4-8-11)12-9-5-2-6-10-12;/h3*11-12H,1-10H2,(H,15,16);/q;;;+3/p+6. The Kier molecular flexibility index (Phi) is 23.7. The first-order chi connectivity index (χ1) is 23.4. The summed E-state index contributed by atoms with van der Waals surface area (Å²) in [5.41, 5.74) is 0. The maximum Gasteiger partial charge on any atom is 3.00 e. The third-order valence-corrected chi connectivity index (χ3v) is 14.0. The molecule has 1 radical (unpaired) electrons. The Balaban J connectivity index is 0.000000197. The van der Waals surface area contributed by atoms with Crippen molar-refractivity contribution in [2.75, 3.05) is 0 Å². The van der Waals surface area contributed by atoms with E-state index < -0.39 is 0 Å². The minimum absolute atomic E-state index is 0. The van der Waals surface area contributed by atoms with E-state index in [1.807, 2.05) is 0 Å². The van der Waals surface area contributed by atoms with Crippen molar-refractivity contribution in [3.63, 3.8) is 0 Å². The fraction of sp³-hybridized carbons (Fsp3) is 0.923. The topological polar surface area (TPSA) is 9.03 Å². The Morgan fingerprint density at radius 3 is 0.510 bits per heavy atom. The summed E-state index contributed by atoms with van der Waals surface area (Å²) in [5.74, 6) is 0. The normalized spacial score (nSPS) is 23.9. The van der Waals surface area contributed by atoms with Gasteiger partial charge in [-0.25, -0.2) is 0 Å². The molecule has 0 aromatic heterocycles. The molecule has 0 unspecified atom stereocenters. The Morgan fingerprint density at radius 2 is 0.408 bits per heavy atom. The monoisotopic (exact) mass is 879 g/mol. The SMILES string of the molecule is SC([SH2+])=[N+](C1CCCCC1)C1CCCCC1.SC([SH2+])=[N+](C1CCCCC1)C1CCCCC1.SC([SH2+])=[N+](C1CCCCC1)C1CCCCC1.[Ru+3]. The minimum atomic E-state index is 0. The average molecular weight is 880 g/mol. The molecule has 3 nitrogen and oxygen atoms in total. The van der Waals surface area contributed by atoms with Crippen LogP contribution in [0.4, 0.5) is 0 Å². The van der Waals surface area contributed by atoms with Crippen LogP contribution in [0.2, 0.25) is 0 Å². The van der Waals surface area contributed by atoms with Gasteiger partial charge in [0.2, 0.25) is 0 Å². The van der Waals surface area contributed by atoms with E-state index in [1.54, 1.807) is 0 Å². The largest absolute Gasteiger partial charge is 3.00 e. The number of hydrogen-bond acceptors (Lipinski definition) is 0. The molecular weight excluding hydrogens is 804 g/mol. The molecule has 0 saturated heterocycles. The first-order valence-corrected chi connectivity index (χ1v) is 23.4. The molecule has 6 rings (SSSR count). The minimum Gasteiger partial charge on any atom is -0.178 e. The van der Waals surface area contributed by atoms with Gasteiger partial charge in [0.05, 0.1) is 37.9 Å². The summed E-state index contributed by atoms with van der Waals surface area (Å²) in [6.45, 7) is 0. The van der Waals surface area contributed by atoms with Crippen molar-refractivity contribution >= 4 is 88.9 Å². The van der Waals surface area contributed by atoms with Crippen LogP contribution in [0.25, 0.3) is 0 Å². The molecule has 6 fully saturated rings. The molecule has 6 saturated carbocycles. The molecule has 0 bridgehead atoms. The third-order valence-electron chi connectivity index (χ3n) is 12.5. The van der Waals surface area contributed by atoms with Crippen LogP contribution in [-0.2, 0) is 57.4 Å². The van der Waals surface area contributed by atoms with Gasteiger partial charge in [0, 0.05) is 77.0 Å². The molecular formula is C39H75N3RuS6+9. The van der Waals surface area contributed by atoms with Crippen LogP contribution in [0, 0.1) is 0 Å². The Labute approximate surface area is 348 Å². The summed E-state index contributed by atoms with van der Waals surface area (Å²) in [4.78, 5) is 0. The van der Waals surface area contributed by atoms with E-state index in [9.17, 15) is 0 Å². The summed E-state index contributed by atoms with van der Waals surface area (Å²) in [6.07, 6.45) is 41.8. The van der Waals surface area contributed by atoms with Crippen LogP contribution >= 0.6 is 37.9 Å². The van der Waals surface area contributed by atoms with Gasteiger partial charge in [-0.05, 0) is 115 Å². The van der Waals surface area contributed by atoms with Crippen molar-refractivity contribution in [1.29, 1.82) is 0 Å². The van der Waals surface area contributed by atoms with Gasteiger partial charge in [-0.3, -0.25) is 0 Å². The molecule has 0 amide bonds. The summed E-state index contributed by atoms with van der Waals surface area (Å²) < 4.78 is 11.0. The van der Waals surface area contributed by atoms with E-state index in [-0.39, 0.29) is 19.5 Å². The van der Waals surface area contributed by atoms with E-state index in [0.717, 1.165) is 49.4 Å². The third kappa shape index (κ3) is 15.4. The van der Waals surface area contributed by atoms with Crippen LogP contribution in [0.1, 0.15) is 193 Å². The van der Waals surface area contributed by atoms with Crippen molar-refractivity contribution in [3.8, 4) is 0 Å². The van der Waals surface area contributed by atoms with Crippen LogP contribution in [0.15, 0.2) is 0 Å². The molecule has 0 heterocycles. The van der Waals surface area contributed by atoms with Gasteiger partial charge in [-0.1, -0.05) is 38.5 Å². The second kappa shape index (κ2) is 25.7. The van der Waals surface area contributed by atoms with Gasteiger partial charge >= 0.3 is 32.6 Å². The predicted octanol–water partition coefficient (Wildman–Crippen LogP) is 8.88. The first kappa shape index (κ1) is 45.1. The second-order valence-electron chi connectivity index (χ2n) is 15.9. The zero-order valence-electron chi connectivity index (χ0n) is 30.7. The van der Waals surface area contributed by atoms with Gasteiger partial charge in [0.15, 0.2) is 36.3 Å². The second-order valence-corrected chi connectivity index (χ2v) is 19.9. The molecule has 49 heavy (non-hydrogen) atoms. The van der Waals surface area contributed by atoms with Crippen molar-refractivity contribution < 1.29 is 33.2 Å². The van der Waals surface area contributed by atoms with E-state index >= 15 is 0 Å². The molecule has 10 heteroatoms. The fourth-order valence-corrected chi connectivity index (χ4v) is 12.2. The van der Waals surface area contributed by atoms with Crippen molar-refractivity contribution in [1.82, 2.24) is 0 Å².